The van der Waals surface area contributed by atoms with Crippen LogP contribution in [0.4, 0.5) is 0 Å². The van der Waals surface area contributed by atoms with Crippen molar-refractivity contribution in [1.29, 1.82) is 0 Å². The Morgan fingerprint density at radius 2 is 1.76 bits per heavy atom. The van der Waals surface area contributed by atoms with Crippen LogP contribution in [0.15, 0.2) is 24.3 Å². The second-order valence-corrected chi connectivity index (χ2v) is 5.49. The first-order valence-corrected chi connectivity index (χ1v) is 7.49. The molecule has 0 unspecified atom stereocenters. The molecule has 1 aliphatic rings. The van der Waals surface area contributed by atoms with Gasteiger partial charge in [-0.25, -0.2) is 0 Å². The molecule has 1 saturated carbocycles. The SMILES string of the molecule is CCCCCc1ccccc1C1CCCCC1. The van der Waals surface area contributed by atoms with E-state index >= 15 is 0 Å². The van der Waals surface area contributed by atoms with Crippen LogP contribution in [0.5, 0.6) is 0 Å². The highest BCUT2D eigenvalue weighted by molar-refractivity contribution is 5.30. The third kappa shape index (κ3) is 3.59. The van der Waals surface area contributed by atoms with Crippen molar-refractivity contribution in [2.45, 2.75) is 70.6 Å². The zero-order chi connectivity index (χ0) is 11.9. The molecule has 0 heteroatoms. The Kier molecular flexibility index (Phi) is 5.09. The summed E-state index contributed by atoms with van der Waals surface area (Å²) < 4.78 is 0. The molecule has 0 radical (unpaired) electrons. The molecular formula is C17H26. The van der Waals surface area contributed by atoms with Crippen molar-refractivity contribution >= 4 is 0 Å². The van der Waals surface area contributed by atoms with Crippen molar-refractivity contribution in [3.63, 3.8) is 0 Å². The van der Waals surface area contributed by atoms with E-state index in [1.807, 2.05) is 0 Å². The summed E-state index contributed by atoms with van der Waals surface area (Å²) in [7, 11) is 0. The first-order chi connectivity index (χ1) is 8.42. The summed E-state index contributed by atoms with van der Waals surface area (Å²) in [6.07, 6.45) is 12.5. The van der Waals surface area contributed by atoms with Crippen LogP contribution in [-0.2, 0) is 6.42 Å². The molecular weight excluding hydrogens is 204 g/mol. The Labute approximate surface area is 106 Å². The molecule has 0 spiro atoms. The summed E-state index contributed by atoms with van der Waals surface area (Å²) in [6.45, 7) is 2.28. The number of aryl methyl sites for hydroxylation is 1. The van der Waals surface area contributed by atoms with Gasteiger partial charge in [0.1, 0.15) is 0 Å². The quantitative estimate of drug-likeness (QED) is 0.589. The van der Waals surface area contributed by atoms with Gasteiger partial charge in [0, 0.05) is 0 Å². The standard InChI is InChI=1S/C17H26/c1-2-3-5-10-15-13-8-9-14-17(15)16-11-6-4-7-12-16/h8-9,13-14,16H,2-7,10-12H2,1H3. The van der Waals surface area contributed by atoms with Gasteiger partial charge in [-0.3, -0.25) is 0 Å². The van der Waals surface area contributed by atoms with Crippen molar-refractivity contribution in [3.8, 4) is 0 Å². The Morgan fingerprint density at radius 3 is 2.53 bits per heavy atom. The maximum Gasteiger partial charge on any atom is -0.0159 e. The van der Waals surface area contributed by atoms with E-state index < -0.39 is 0 Å². The highest BCUT2D eigenvalue weighted by Crippen LogP contribution is 2.34. The summed E-state index contributed by atoms with van der Waals surface area (Å²) in [5.74, 6) is 0.863. The topological polar surface area (TPSA) is 0 Å². The molecule has 1 aromatic carbocycles. The van der Waals surface area contributed by atoms with E-state index in [1.54, 1.807) is 11.1 Å². The molecule has 0 atom stereocenters. The molecule has 1 fully saturated rings. The molecule has 1 aliphatic carbocycles. The smallest absolute Gasteiger partial charge is 0.0159 e. The molecule has 0 N–H and O–H groups in total. The molecule has 2 rings (SSSR count). The van der Waals surface area contributed by atoms with Crippen molar-refractivity contribution in [2.75, 3.05) is 0 Å². The lowest BCUT2D eigenvalue weighted by Gasteiger charge is -2.24. The lowest BCUT2D eigenvalue weighted by Crippen LogP contribution is -2.07. The maximum atomic E-state index is 2.39. The van der Waals surface area contributed by atoms with Gasteiger partial charge in [-0.15, -0.1) is 0 Å². The molecule has 0 amide bonds. The fourth-order valence-corrected chi connectivity index (χ4v) is 3.14. The minimum absolute atomic E-state index is 0.863. The number of benzene rings is 1. The molecule has 94 valence electrons. The molecule has 0 aliphatic heterocycles. The van der Waals surface area contributed by atoms with Crippen molar-refractivity contribution < 1.29 is 0 Å². The van der Waals surface area contributed by atoms with E-state index in [2.05, 4.69) is 31.2 Å². The van der Waals surface area contributed by atoms with E-state index in [9.17, 15) is 0 Å². The number of rotatable bonds is 5. The predicted octanol–water partition coefficient (Wildman–Crippen LogP) is 5.47. The monoisotopic (exact) mass is 230 g/mol. The third-order valence-corrected chi connectivity index (χ3v) is 4.15. The molecule has 17 heavy (non-hydrogen) atoms. The summed E-state index contributed by atoms with van der Waals surface area (Å²) >= 11 is 0. The molecule has 0 saturated heterocycles. The predicted molar refractivity (Wildman–Crippen MR) is 75.5 cm³/mol. The van der Waals surface area contributed by atoms with Gasteiger partial charge >= 0.3 is 0 Å². The lowest BCUT2D eigenvalue weighted by atomic mass is 9.81. The van der Waals surface area contributed by atoms with Crippen molar-refractivity contribution in [3.05, 3.63) is 35.4 Å². The zero-order valence-electron chi connectivity index (χ0n) is 11.3. The fourth-order valence-electron chi connectivity index (χ4n) is 3.14. The van der Waals surface area contributed by atoms with Gasteiger partial charge in [-0.05, 0) is 42.7 Å². The van der Waals surface area contributed by atoms with Gasteiger partial charge < -0.3 is 0 Å². The summed E-state index contributed by atoms with van der Waals surface area (Å²) in [5.41, 5.74) is 3.30. The summed E-state index contributed by atoms with van der Waals surface area (Å²) in [6, 6.07) is 9.19. The average molecular weight is 230 g/mol. The summed E-state index contributed by atoms with van der Waals surface area (Å²) in [4.78, 5) is 0. The molecule has 1 aromatic rings. The van der Waals surface area contributed by atoms with E-state index in [4.69, 9.17) is 0 Å². The molecule has 0 aromatic heterocycles. The van der Waals surface area contributed by atoms with Crippen molar-refractivity contribution in [1.82, 2.24) is 0 Å². The normalized spacial score (nSPS) is 17.2. The highest BCUT2D eigenvalue weighted by Gasteiger charge is 2.17. The van der Waals surface area contributed by atoms with Crippen LogP contribution < -0.4 is 0 Å². The van der Waals surface area contributed by atoms with Crippen LogP contribution in [0.25, 0.3) is 0 Å². The molecule has 0 bridgehead atoms. The van der Waals surface area contributed by atoms with E-state index in [1.165, 1.54) is 57.8 Å². The van der Waals surface area contributed by atoms with Gasteiger partial charge in [0.25, 0.3) is 0 Å². The van der Waals surface area contributed by atoms with E-state index in [0.717, 1.165) is 5.92 Å². The number of hydrogen-bond acceptors (Lipinski definition) is 0. The Hall–Kier alpha value is -0.780. The van der Waals surface area contributed by atoms with Crippen LogP contribution in [0, 0.1) is 0 Å². The first kappa shape index (κ1) is 12.7. The molecule has 0 nitrogen and oxygen atoms in total. The Bertz CT molecular complexity index is 321. The van der Waals surface area contributed by atoms with Crippen LogP contribution in [0.1, 0.15) is 75.3 Å². The van der Waals surface area contributed by atoms with Gasteiger partial charge in [0.2, 0.25) is 0 Å². The third-order valence-electron chi connectivity index (χ3n) is 4.15. The Morgan fingerprint density at radius 1 is 1.00 bits per heavy atom. The highest BCUT2D eigenvalue weighted by atomic mass is 14.2. The minimum atomic E-state index is 0.863. The van der Waals surface area contributed by atoms with E-state index in [0.29, 0.717) is 0 Å². The number of unbranched alkanes of at least 4 members (excludes halogenated alkanes) is 2. The molecule has 0 heterocycles. The average Bonchev–Trinajstić information content (AvgIpc) is 2.41. The zero-order valence-corrected chi connectivity index (χ0v) is 11.3. The minimum Gasteiger partial charge on any atom is -0.0654 e. The van der Waals surface area contributed by atoms with Crippen molar-refractivity contribution in [2.24, 2.45) is 0 Å². The number of hydrogen-bond donors (Lipinski definition) is 0. The summed E-state index contributed by atoms with van der Waals surface area (Å²) in [5, 5.41) is 0. The van der Waals surface area contributed by atoms with Crippen LogP contribution in [0.3, 0.4) is 0 Å². The van der Waals surface area contributed by atoms with Gasteiger partial charge in [0.05, 0.1) is 0 Å². The van der Waals surface area contributed by atoms with Gasteiger partial charge in [-0.2, -0.15) is 0 Å². The maximum absolute atomic E-state index is 2.39. The second-order valence-electron chi connectivity index (χ2n) is 5.49. The van der Waals surface area contributed by atoms with Crippen LogP contribution in [-0.4, -0.2) is 0 Å². The largest absolute Gasteiger partial charge is 0.0654 e. The Balaban J connectivity index is 2.03. The van der Waals surface area contributed by atoms with Gasteiger partial charge in [0.15, 0.2) is 0 Å². The van der Waals surface area contributed by atoms with Gasteiger partial charge in [-0.1, -0.05) is 63.3 Å². The van der Waals surface area contributed by atoms with Crippen LogP contribution >= 0.6 is 0 Å². The van der Waals surface area contributed by atoms with E-state index in [-0.39, 0.29) is 0 Å². The first-order valence-electron chi connectivity index (χ1n) is 7.49. The second kappa shape index (κ2) is 6.83. The fraction of sp³-hybridized carbons (Fsp3) is 0.647. The van der Waals surface area contributed by atoms with Crippen LogP contribution in [0.2, 0.25) is 0 Å². The lowest BCUT2D eigenvalue weighted by molar-refractivity contribution is 0.441.